The third-order valence-corrected chi connectivity index (χ3v) is 7.15. The lowest BCUT2D eigenvalue weighted by atomic mass is 9.82. The molecule has 3 aromatic rings. The minimum Gasteiger partial charge on any atom is -0.343 e. The van der Waals surface area contributed by atoms with Crippen LogP contribution in [0.25, 0.3) is 11.1 Å². The molecule has 1 unspecified atom stereocenters. The molecule has 3 heteroatoms. The highest BCUT2D eigenvalue weighted by atomic mass is 16.1. The zero-order valence-corrected chi connectivity index (χ0v) is 19.5. The fraction of sp³-hybridized carbons (Fsp3) is 0.345. The Balaban J connectivity index is 1.73. The Morgan fingerprint density at radius 3 is 2.12 bits per heavy atom. The maximum absolute atomic E-state index is 13.8. The summed E-state index contributed by atoms with van der Waals surface area (Å²) in [5.41, 5.74) is 5.17. The number of carbonyl (C=O) groups is 1. The van der Waals surface area contributed by atoms with Gasteiger partial charge in [-0.2, -0.15) is 0 Å². The fourth-order valence-electron chi connectivity index (χ4n) is 5.27. The monoisotopic (exact) mass is 426 g/mol. The molecule has 0 radical (unpaired) electrons. The van der Waals surface area contributed by atoms with Gasteiger partial charge in [0.25, 0.3) is 5.91 Å². The number of hydrogen-bond acceptors (Lipinski definition) is 2. The summed E-state index contributed by atoms with van der Waals surface area (Å²) < 4.78 is 0. The van der Waals surface area contributed by atoms with Gasteiger partial charge in [-0.25, -0.2) is 0 Å². The lowest BCUT2D eigenvalue weighted by Gasteiger charge is -2.44. The molecular formula is C29H34N2O. The second-order valence-electron chi connectivity index (χ2n) is 9.11. The van der Waals surface area contributed by atoms with Crippen molar-refractivity contribution in [3.63, 3.8) is 0 Å². The number of amides is 1. The van der Waals surface area contributed by atoms with Crippen molar-refractivity contribution in [3.05, 3.63) is 95.6 Å². The van der Waals surface area contributed by atoms with Crippen molar-refractivity contribution in [1.82, 2.24) is 10.2 Å². The van der Waals surface area contributed by atoms with Gasteiger partial charge in [0.05, 0.1) is 6.04 Å². The normalized spacial score (nSPS) is 16.1. The van der Waals surface area contributed by atoms with Crippen LogP contribution < -0.4 is 5.32 Å². The molecule has 0 heterocycles. The number of carbonyl (C=O) groups excluding carboxylic acids is 1. The van der Waals surface area contributed by atoms with E-state index < -0.39 is 0 Å². The highest BCUT2D eigenvalue weighted by Gasteiger charge is 2.44. The van der Waals surface area contributed by atoms with Gasteiger partial charge in [-0.05, 0) is 61.7 Å². The van der Waals surface area contributed by atoms with Crippen LogP contribution >= 0.6 is 0 Å². The van der Waals surface area contributed by atoms with Crippen molar-refractivity contribution in [2.75, 3.05) is 14.1 Å². The smallest absolute Gasteiger partial charge is 0.252 e. The maximum Gasteiger partial charge on any atom is 0.252 e. The Bertz CT molecular complexity index is 1040. The summed E-state index contributed by atoms with van der Waals surface area (Å²) in [7, 11) is 4.31. The van der Waals surface area contributed by atoms with E-state index in [1.807, 2.05) is 24.3 Å². The summed E-state index contributed by atoms with van der Waals surface area (Å²) in [6.45, 7) is 2.11. The van der Waals surface area contributed by atoms with Crippen LogP contribution in [-0.4, -0.2) is 30.4 Å². The van der Waals surface area contributed by atoms with Crippen LogP contribution in [0, 0.1) is 0 Å². The van der Waals surface area contributed by atoms with Crippen LogP contribution in [0.1, 0.15) is 60.1 Å². The first kappa shape index (κ1) is 22.3. The average molecular weight is 427 g/mol. The second-order valence-corrected chi connectivity index (χ2v) is 9.11. The van der Waals surface area contributed by atoms with E-state index in [0.29, 0.717) is 0 Å². The molecule has 1 amide bonds. The van der Waals surface area contributed by atoms with Crippen LogP contribution in [0.4, 0.5) is 0 Å². The van der Waals surface area contributed by atoms with Crippen molar-refractivity contribution >= 4 is 5.91 Å². The van der Waals surface area contributed by atoms with Crippen LogP contribution in [0.2, 0.25) is 0 Å². The molecule has 1 aliphatic carbocycles. The number of likely N-dealkylation sites (N-methyl/N-ethyl adjacent to an activating group) is 1. The van der Waals surface area contributed by atoms with Crippen molar-refractivity contribution < 1.29 is 4.79 Å². The van der Waals surface area contributed by atoms with Gasteiger partial charge in [-0.15, -0.1) is 0 Å². The van der Waals surface area contributed by atoms with E-state index in [1.165, 1.54) is 18.4 Å². The first-order valence-corrected chi connectivity index (χ1v) is 11.8. The van der Waals surface area contributed by atoms with Crippen LogP contribution in [0.3, 0.4) is 0 Å². The number of benzene rings is 3. The van der Waals surface area contributed by atoms with E-state index in [9.17, 15) is 4.79 Å². The average Bonchev–Trinajstić information content (AvgIpc) is 3.34. The number of aryl methyl sites for hydroxylation is 1. The van der Waals surface area contributed by atoms with E-state index in [2.05, 4.69) is 85.8 Å². The van der Waals surface area contributed by atoms with E-state index in [4.69, 9.17) is 0 Å². The Morgan fingerprint density at radius 2 is 1.53 bits per heavy atom. The van der Waals surface area contributed by atoms with Crippen LogP contribution in [0.15, 0.2) is 78.9 Å². The molecule has 0 bridgehead atoms. The first-order valence-electron chi connectivity index (χ1n) is 11.8. The maximum atomic E-state index is 13.8. The number of rotatable bonds is 7. The minimum atomic E-state index is -0.0690. The molecule has 0 aromatic heterocycles. The summed E-state index contributed by atoms with van der Waals surface area (Å²) in [6.07, 6.45) is 5.39. The molecule has 1 aliphatic rings. The van der Waals surface area contributed by atoms with Crippen molar-refractivity contribution in [1.29, 1.82) is 0 Å². The van der Waals surface area contributed by atoms with Gasteiger partial charge in [-0.1, -0.05) is 92.6 Å². The molecule has 1 fully saturated rings. The Morgan fingerprint density at radius 1 is 0.906 bits per heavy atom. The molecule has 0 aliphatic heterocycles. The van der Waals surface area contributed by atoms with E-state index >= 15 is 0 Å². The minimum absolute atomic E-state index is 0.0154. The molecular weight excluding hydrogens is 392 g/mol. The molecule has 1 N–H and O–H groups in total. The van der Waals surface area contributed by atoms with Gasteiger partial charge in [-0.3, -0.25) is 4.79 Å². The summed E-state index contributed by atoms with van der Waals surface area (Å²) in [6, 6.07) is 27.0. The standard InChI is InChI=1S/C29H34N2O/c1-4-22-17-18-25(23-13-7-5-8-14-23)21-26(22)28(32)30-27(24-15-9-6-10-16-24)29(31(2)3)19-11-12-20-29/h5-10,13-18,21,27H,4,11-12,19-20H2,1-3H3,(H,30,32). The van der Waals surface area contributed by atoms with Gasteiger partial charge in [0, 0.05) is 11.1 Å². The quantitative estimate of drug-likeness (QED) is 0.483. The predicted octanol–water partition coefficient (Wildman–Crippen LogP) is 6.26. The Hall–Kier alpha value is -2.91. The first-order chi connectivity index (χ1) is 15.5. The zero-order valence-electron chi connectivity index (χ0n) is 19.5. The van der Waals surface area contributed by atoms with Crippen molar-refractivity contribution in [2.24, 2.45) is 0 Å². The summed E-state index contributed by atoms with van der Waals surface area (Å²) >= 11 is 0. The molecule has 0 spiro atoms. The molecule has 3 aromatic carbocycles. The molecule has 166 valence electrons. The highest BCUT2D eigenvalue weighted by molar-refractivity contribution is 5.97. The van der Waals surface area contributed by atoms with Gasteiger partial charge < -0.3 is 10.2 Å². The SMILES string of the molecule is CCc1ccc(-c2ccccc2)cc1C(=O)NC(c1ccccc1)C1(N(C)C)CCCC1. The Kier molecular flexibility index (Phi) is 6.76. The number of hydrogen-bond donors (Lipinski definition) is 1. The van der Waals surface area contributed by atoms with E-state index in [1.54, 1.807) is 0 Å². The Labute approximate surface area is 192 Å². The molecule has 0 saturated heterocycles. The van der Waals surface area contributed by atoms with Crippen molar-refractivity contribution in [2.45, 2.75) is 50.6 Å². The second kappa shape index (κ2) is 9.70. The largest absolute Gasteiger partial charge is 0.343 e. The van der Waals surface area contributed by atoms with Crippen LogP contribution in [0.5, 0.6) is 0 Å². The zero-order chi connectivity index (χ0) is 22.6. The number of nitrogens with one attached hydrogen (secondary N) is 1. The van der Waals surface area contributed by atoms with Crippen LogP contribution in [-0.2, 0) is 6.42 Å². The lowest BCUT2D eigenvalue weighted by Crippen LogP contribution is -2.53. The van der Waals surface area contributed by atoms with Gasteiger partial charge in [0.1, 0.15) is 0 Å². The highest BCUT2D eigenvalue weighted by Crippen LogP contribution is 2.43. The molecule has 1 saturated carbocycles. The summed E-state index contributed by atoms with van der Waals surface area (Å²) in [5.74, 6) is 0.0154. The number of nitrogens with zero attached hydrogens (tertiary/aromatic N) is 1. The third kappa shape index (κ3) is 4.35. The van der Waals surface area contributed by atoms with Crippen molar-refractivity contribution in [3.8, 4) is 11.1 Å². The van der Waals surface area contributed by atoms with E-state index in [-0.39, 0.29) is 17.5 Å². The predicted molar refractivity (Wildman–Crippen MR) is 133 cm³/mol. The molecule has 3 nitrogen and oxygen atoms in total. The van der Waals surface area contributed by atoms with Gasteiger partial charge in [0.2, 0.25) is 0 Å². The fourth-order valence-corrected chi connectivity index (χ4v) is 5.27. The van der Waals surface area contributed by atoms with E-state index in [0.717, 1.165) is 41.5 Å². The third-order valence-electron chi connectivity index (χ3n) is 7.15. The lowest BCUT2D eigenvalue weighted by molar-refractivity contribution is 0.0765. The topological polar surface area (TPSA) is 32.3 Å². The summed E-state index contributed by atoms with van der Waals surface area (Å²) in [4.78, 5) is 16.1. The van der Waals surface area contributed by atoms with Gasteiger partial charge in [0.15, 0.2) is 0 Å². The molecule has 32 heavy (non-hydrogen) atoms. The summed E-state index contributed by atoms with van der Waals surface area (Å²) in [5, 5.41) is 3.49. The van der Waals surface area contributed by atoms with Gasteiger partial charge >= 0.3 is 0 Å². The molecule has 4 rings (SSSR count). The molecule has 1 atom stereocenters.